The van der Waals surface area contributed by atoms with Gasteiger partial charge in [0.05, 0.1) is 6.61 Å². The molecule has 0 aromatic rings. The zero-order valence-electron chi connectivity index (χ0n) is 6.93. The summed E-state index contributed by atoms with van der Waals surface area (Å²) in [5.74, 6) is 3.19. The predicted molar refractivity (Wildman–Crippen MR) is 47.0 cm³/mol. The molecule has 0 fully saturated rings. The van der Waals surface area contributed by atoms with Crippen LogP contribution >= 0.6 is 11.8 Å². The molecule has 2 heteroatoms. The van der Waals surface area contributed by atoms with E-state index in [4.69, 9.17) is 0 Å². The fourth-order valence-corrected chi connectivity index (χ4v) is 1.67. The van der Waals surface area contributed by atoms with Gasteiger partial charge in [-0.25, -0.2) is 5.11 Å². The van der Waals surface area contributed by atoms with E-state index < -0.39 is 0 Å². The summed E-state index contributed by atoms with van der Waals surface area (Å²) in [6.45, 7) is 4.55. The number of hydrogen-bond acceptors (Lipinski definition) is 1. The van der Waals surface area contributed by atoms with Gasteiger partial charge in [0, 0.05) is 0 Å². The molecule has 0 N–H and O–H groups in total. The molecule has 1 radical (unpaired) electrons. The highest BCUT2D eigenvalue weighted by Crippen LogP contribution is 2.09. The van der Waals surface area contributed by atoms with E-state index in [1.165, 1.54) is 11.5 Å². The number of rotatable bonds is 6. The van der Waals surface area contributed by atoms with E-state index in [-0.39, 0.29) is 6.61 Å². The molecular formula is C8H17OS. The molecule has 0 atom stereocenters. The highest BCUT2D eigenvalue weighted by atomic mass is 32.2. The van der Waals surface area contributed by atoms with E-state index >= 15 is 0 Å². The van der Waals surface area contributed by atoms with Crippen LogP contribution in [-0.2, 0) is 5.11 Å². The molecule has 61 valence electrons. The van der Waals surface area contributed by atoms with Crippen molar-refractivity contribution in [3.8, 4) is 0 Å². The average molecular weight is 161 g/mol. The predicted octanol–water partition coefficient (Wildman–Crippen LogP) is 2.59. The Balaban J connectivity index is 2.77. The second-order valence-electron chi connectivity index (χ2n) is 2.88. The summed E-state index contributed by atoms with van der Waals surface area (Å²) in [7, 11) is 0. The normalized spacial score (nSPS) is 10.8. The molecule has 0 spiro atoms. The summed E-state index contributed by atoms with van der Waals surface area (Å²) >= 11 is 1.96. The van der Waals surface area contributed by atoms with Gasteiger partial charge in [0.2, 0.25) is 0 Å². The summed E-state index contributed by atoms with van der Waals surface area (Å²) in [5, 5.41) is 10.0. The number of unbranched alkanes of at least 4 members (excludes halogenated alkanes) is 1. The molecule has 1 nitrogen and oxygen atoms in total. The van der Waals surface area contributed by atoms with Crippen LogP contribution in [-0.4, -0.2) is 18.1 Å². The summed E-state index contributed by atoms with van der Waals surface area (Å²) in [6, 6.07) is 0. The lowest BCUT2D eigenvalue weighted by atomic mass is 10.3. The van der Waals surface area contributed by atoms with Gasteiger partial charge in [-0.15, -0.1) is 0 Å². The standard InChI is InChI=1S/C8H17OS/c1-8(2)7-10-6-4-3-5-9/h8H,3-7H2,1-2H3. The fraction of sp³-hybridized carbons (Fsp3) is 1.00. The lowest BCUT2D eigenvalue weighted by Gasteiger charge is -2.02. The first-order valence-electron chi connectivity index (χ1n) is 3.93. The summed E-state index contributed by atoms with van der Waals surface area (Å²) in [6.07, 6.45) is 1.95. The Kier molecular flexibility index (Phi) is 7.65. The number of thioether (sulfide) groups is 1. The Hall–Kier alpha value is 0.310. The van der Waals surface area contributed by atoms with Gasteiger partial charge in [0.25, 0.3) is 0 Å². The molecule has 0 aromatic carbocycles. The summed E-state index contributed by atoms with van der Waals surface area (Å²) < 4.78 is 0. The molecule has 0 saturated carbocycles. The maximum Gasteiger partial charge on any atom is 0.0822 e. The van der Waals surface area contributed by atoms with Crippen LogP contribution in [0, 0.1) is 5.92 Å². The molecule has 0 aliphatic carbocycles. The Morgan fingerprint density at radius 3 is 2.50 bits per heavy atom. The van der Waals surface area contributed by atoms with Crippen molar-refractivity contribution >= 4 is 11.8 Å². The Morgan fingerprint density at radius 2 is 2.00 bits per heavy atom. The third-order valence-corrected chi connectivity index (χ3v) is 2.61. The lowest BCUT2D eigenvalue weighted by molar-refractivity contribution is 0.188. The SMILES string of the molecule is CC(C)CSCCCC[O]. The fourth-order valence-electron chi connectivity index (χ4n) is 0.625. The topological polar surface area (TPSA) is 19.9 Å². The van der Waals surface area contributed by atoms with Crippen LogP contribution in [0.15, 0.2) is 0 Å². The van der Waals surface area contributed by atoms with Gasteiger partial charge >= 0.3 is 0 Å². The van der Waals surface area contributed by atoms with Gasteiger partial charge in [-0.1, -0.05) is 13.8 Å². The molecule has 0 saturated heterocycles. The molecule has 0 rings (SSSR count). The maximum atomic E-state index is 10.0. The largest absolute Gasteiger partial charge is 0.237 e. The van der Waals surface area contributed by atoms with Crippen molar-refractivity contribution in [2.24, 2.45) is 5.92 Å². The minimum Gasteiger partial charge on any atom is -0.237 e. The van der Waals surface area contributed by atoms with Crippen LogP contribution in [0.25, 0.3) is 0 Å². The van der Waals surface area contributed by atoms with E-state index in [1.807, 2.05) is 11.8 Å². The van der Waals surface area contributed by atoms with Gasteiger partial charge in [0.15, 0.2) is 0 Å². The molecule has 0 bridgehead atoms. The average Bonchev–Trinajstić information content (AvgIpc) is 1.87. The first kappa shape index (κ1) is 10.3. The molecule has 0 unspecified atom stereocenters. The minimum atomic E-state index is 0.0994. The van der Waals surface area contributed by atoms with E-state index in [1.54, 1.807) is 0 Å². The minimum absolute atomic E-state index is 0.0994. The van der Waals surface area contributed by atoms with Crippen LogP contribution in [0.4, 0.5) is 0 Å². The monoisotopic (exact) mass is 161 g/mol. The Morgan fingerprint density at radius 1 is 1.30 bits per heavy atom. The smallest absolute Gasteiger partial charge is 0.0822 e. The van der Waals surface area contributed by atoms with Crippen LogP contribution in [0.5, 0.6) is 0 Å². The maximum absolute atomic E-state index is 10.0. The zero-order valence-corrected chi connectivity index (χ0v) is 7.75. The van der Waals surface area contributed by atoms with Crippen molar-refractivity contribution in [3.05, 3.63) is 0 Å². The molecule has 0 heterocycles. The highest BCUT2D eigenvalue weighted by Gasteiger charge is 1.93. The van der Waals surface area contributed by atoms with Crippen molar-refractivity contribution in [2.75, 3.05) is 18.1 Å². The molecule has 0 aliphatic rings. The molecule has 0 aliphatic heterocycles. The van der Waals surface area contributed by atoms with Crippen molar-refractivity contribution in [3.63, 3.8) is 0 Å². The second-order valence-corrected chi connectivity index (χ2v) is 4.03. The van der Waals surface area contributed by atoms with Crippen LogP contribution < -0.4 is 0 Å². The van der Waals surface area contributed by atoms with Crippen LogP contribution in [0.3, 0.4) is 0 Å². The Bertz CT molecular complexity index is 64.3. The Labute approximate surface area is 68.2 Å². The van der Waals surface area contributed by atoms with E-state index in [0.717, 1.165) is 18.8 Å². The van der Waals surface area contributed by atoms with Crippen molar-refractivity contribution in [1.82, 2.24) is 0 Å². The highest BCUT2D eigenvalue weighted by molar-refractivity contribution is 7.99. The van der Waals surface area contributed by atoms with E-state index in [2.05, 4.69) is 13.8 Å². The van der Waals surface area contributed by atoms with Crippen molar-refractivity contribution in [1.29, 1.82) is 0 Å². The third kappa shape index (κ3) is 8.31. The number of hydrogen-bond donors (Lipinski definition) is 0. The van der Waals surface area contributed by atoms with Gasteiger partial charge in [-0.05, 0) is 30.3 Å². The summed E-state index contributed by atoms with van der Waals surface area (Å²) in [4.78, 5) is 0. The quantitative estimate of drug-likeness (QED) is 0.548. The van der Waals surface area contributed by atoms with E-state index in [9.17, 15) is 5.11 Å². The molecule has 10 heavy (non-hydrogen) atoms. The second kappa shape index (κ2) is 7.42. The third-order valence-electron chi connectivity index (χ3n) is 1.13. The van der Waals surface area contributed by atoms with Gasteiger partial charge in [0.1, 0.15) is 0 Å². The zero-order chi connectivity index (χ0) is 7.82. The summed E-state index contributed by atoms with van der Waals surface area (Å²) in [5.41, 5.74) is 0. The van der Waals surface area contributed by atoms with Crippen molar-refractivity contribution < 1.29 is 5.11 Å². The molecule has 0 amide bonds. The van der Waals surface area contributed by atoms with Crippen LogP contribution in [0.2, 0.25) is 0 Å². The van der Waals surface area contributed by atoms with Gasteiger partial charge in [-0.3, -0.25) is 0 Å². The first-order chi connectivity index (χ1) is 4.77. The van der Waals surface area contributed by atoms with Crippen molar-refractivity contribution in [2.45, 2.75) is 26.7 Å². The molecular weight excluding hydrogens is 144 g/mol. The first-order valence-corrected chi connectivity index (χ1v) is 5.08. The van der Waals surface area contributed by atoms with Gasteiger partial charge in [-0.2, -0.15) is 11.8 Å². The van der Waals surface area contributed by atoms with Gasteiger partial charge < -0.3 is 0 Å². The van der Waals surface area contributed by atoms with Crippen LogP contribution in [0.1, 0.15) is 26.7 Å². The lowest BCUT2D eigenvalue weighted by Crippen LogP contribution is -1.92. The van der Waals surface area contributed by atoms with E-state index in [0.29, 0.717) is 0 Å². The molecule has 0 aromatic heterocycles.